The zero-order valence-electron chi connectivity index (χ0n) is 20.1. The molecule has 0 aliphatic heterocycles. The molecule has 1 aliphatic carbocycles. The molecule has 0 aromatic heterocycles. The lowest BCUT2D eigenvalue weighted by atomic mass is 9.95. The number of hydrogen-bond acceptors (Lipinski definition) is 5. The Morgan fingerprint density at radius 2 is 1.63 bits per heavy atom. The second-order valence-corrected chi connectivity index (χ2v) is 9.03. The van der Waals surface area contributed by atoms with Crippen molar-refractivity contribution in [2.75, 3.05) is 12.3 Å². The third-order valence-corrected chi connectivity index (χ3v) is 6.20. The van der Waals surface area contributed by atoms with E-state index in [9.17, 15) is 9.59 Å². The van der Waals surface area contributed by atoms with Gasteiger partial charge in [0.15, 0.2) is 0 Å². The summed E-state index contributed by atoms with van der Waals surface area (Å²) in [7, 11) is 0. The van der Waals surface area contributed by atoms with Crippen molar-refractivity contribution in [2.45, 2.75) is 32.6 Å². The van der Waals surface area contributed by atoms with Gasteiger partial charge in [-0.3, -0.25) is 0 Å². The molecular weight excluding hydrogens is 438 g/mol. The second kappa shape index (κ2) is 10.0. The van der Waals surface area contributed by atoms with E-state index < -0.39 is 5.97 Å². The molecule has 0 radical (unpaired) electrons. The molecule has 0 saturated carbocycles. The summed E-state index contributed by atoms with van der Waals surface area (Å²) < 4.78 is 10.7. The normalized spacial score (nSPS) is 14.2. The van der Waals surface area contributed by atoms with Crippen molar-refractivity contribution in [2.24, 2.45) is 0 Å². The Kier molecular flexibility index (Phi) is 6.87. The van der Waals surface area contributed by atoms with Gasteiger partial charge < -0.3 is 15.2 Å². The Labute approximate surface area is 205 Å². The third kappa shape index (κ3) is 5.35. The van der Waals surface area contributed by atoms with Crippen LogP contribution in [-0.4, -0.2) is 18.5 Å². The Hall–Kier alpha value is -4.12. The summed E-state index contributed by atoms with van der Waals surface area (Å²) in [5.41, 5.74) is 14.2. The number of benzene rings is 3. The molecule has 0 fully saturated rings. The molecule has 0 spiro atoms. The molecule has 1 unspecified atom stereocenters. The highest BCUT2D eigenvalue weighted by molar-refractivity contribution is 5.89. The van der Waals surface area contributed by atoms with Gasteiger partial charge in [0.2, 0.25) is 0 Å². The van der Waals surface area contributed by atoms with Crippen molar-refractivity contribution in [3.8, 4) is 28.0 Å². The lowest BCUT2D eigenvalue weighted by Crippen LogP contribution is -2.11. The maximum atomic E-state index is 11.8. The average molecular weight is 468 g/mol. The lowest BCUT2D eigenvalue weighted by Gasteiger charge is -2.14. The Morgan fingerprint density at radius 3 is 2.34 bits per heavy atom. The largest absolute Gasteiger partial charge is 0.462 e. The molecule has 1 aliphatic rings. The second-order valence-electron chi connectivity index (χ2n) is 9.03. The Morgan fingerprint density at radius 1 is 0.914 bits per heavy atom. The van der Waals surface area contributed by atoms with Crippen LogP contribution in [0.15, 0.2) is 85.0 Å². The molecular formula is C30H29NO4. The van der Waals surface area contributed by atoms with E-state index in [1.807, 2.05) is 36.4 Å². The van der Waals surface area contributed by atoms with Crippen LogP contribution in [0.5, 0.6) is 5.75 Å². The van der Waals surface area contributed by atoms with E-state index in [4.69, 9.17) is 15.2 Å². The minimum absolute atomic E-state index is 0.202. The van der Waals surface area contributed by atoms with Crippen molar-refractivity contribution >= 4 is 17.6 Å². The molecule has 35 heavy (non-hydrogen) atoms. The number of fused-ring (bicyclic) bond motifs is 1. The summed E-state index contributed by atoms with van der Waals surface area (Å²) >= 11 is 0. The monoisotopic (exact) mass is 467 g/mol. The number of hydrogen-bond donors (Lipinski definition) is 1. The SMILES string of the molecule is C=C(C)C(=O)OCC1CCc2cc(-c3ccc(-c4cccc(OC(=O)C(=C)C)c4)cc3N)ccc21. The zero-order chi connectivity index (χ0) is 25.1. The van der Waals surface area contributed by atoms with Gasteiger partial charge in [-0.2, -0.15) is 0 Å². The van der Waals surface area contributed by atoms with Crippen molar-refractivity contribution in [3.05, 3.63) is 96.1 Å². The molecule has 3 aromatic carbocycles. The van der Waals surface area contributed by atoms with Gasteiger partial charge in [-0.1, -0.05) is 55.6 Å². The number of anilines is 1. The highest BCUT2D eigenvalue weighted by Crippen LogP contribution is 2.38. The molecule has 3 aromatic rings. The van der Waals surface area contributed by atoms with Gasteiger partial charge >= 0.3 is 11.9 Å². The van der Waals surface area contributed by atoms with E-state index in [0.29, 0.717) is 29.2 Å². The first-order valence-electron chi connectivity index (χ1n) is 11.6. The Bertz CT molecular complexity index is 1340. The van der Waals surface area contributed by atoms with Crippen molar-refractivity contribution in [1.29, 1.82) is 0 Å². The number of nitrogen functional groups attached to an aromatic ring is 1. The minimum Gasteiger partial charge on any atom is -0.462 e. The summed E-state index contributed by atoms with van der Waals surface area (Å²) in [6.45, 7) is 10.9. The first-order valence-corrected chi connectivity index (χ1v) is 11.6. The quantitative estimate of drug-likeness (QED) is 0.193. The highest BCUT2D eigenvalue weighted by atomic mass is 16.5. The number of carbonyl (C=O) groups excluding carboxylic acids is 2. The molecule has 178 valence electrons. The summed E-state index contributed by atoms with van der Waals surface area (Å²) in [6, 6.07) is 19.7. The van der Waals surface area contributed by atoms with Gasteiger partial charge in [-0.05, 0) is 72.7 Å². The van der Waals surface area contributed by atoms with E-state index >= 15 is 0 Å². The Balaban J connectivity index is 1.53. The number of aryl methyl sites for hydroxylation is 1. The molecule has 0 bridgehead atoms. The molecule has 2 N–H and O–H groups in total. The summed E-state index contributed by atoms with van der Waals surface area (Å²) in [5, 5.41) is 0. The number of rotatable bonds is 7. The fourth-order valence-corrected chi connectivity index (χ4v) is 4.28. The molecule has 4 rings (SSSR count). The predicted octanol–water partition coefficient (Wildman–Crippen LogP) is 6.23. The van der Waals surface area contributed by atoms with Gasteiger partial charge in [-0.15, -0.1) is 0 Å². The maximum absolute atomic E-state index is 11.8. The molecule has 0 saturated heterocycles. The van der Waals surface area contributed by atoms with Crippen molar-refractivity contribution < 1.29 is 19.1 Å². The summed E-state index contributed by atoms with van der Waals surface area (Å²) in [5.74, 6) is -0.138. The van der Waals surface area contributed by atoms with E-state index in [1.165, 1.54) is 11.1 Å². The van der Waals surface area contributed by atoms with Crippen molar-refractivity contribution in [3.63, 3.8) is 0 Å². The van der Waals surface area contributed by atoms with Crippen LogP contribution in [0.3, 0.4) is 0 Å². The van der Waals surface area contributed by atoms with Crippen LogP contribution in [0.2, 0.25) is 0 Å². The fourth-order valence-electron chi connectivity index (χ4n) is 4.28. The molecule has 5 nitrogen and oxygen atoms in total. The third-order valence-electron chi connectivity index (χ3n) is 6.20. The first kappa shape index (κ1) is 24.0. The highest BCUT2D eigenvalue weighted by Gasteiger charge is 2.24. The van der Waals surface area contributed by atoms with Crippen LogP contribution in [0.4, 0.5) is 5.69 Å². The molecule has 1 atom stereocenters. The zero-order valence-corrected chi connectivity index (χ0v) is 20.1. The smallest absolute Gasteiger partial charge is 0.338 e. The van der Waals surface area contributed by atoms with E-state index in [2.05, 4.69) is 31.4 Å². The van der Waals surface area contributed by atoms with E-state index in [-0.39, 0.29) is 11.9 Å². The molecule has 0 heterocycles. The van der Waals surface area contributed by atoms with Crippen LogP contribution >= 0.6 is 0 Å². The van der Waals surface area contributed by atoms with Gasteiger partial charge in [-0.25, -0.2) is 9.59 Å². The van der Waals surface area contributed by atoms with Crippen LogP contribution in [0.25, 0.3) is 22.3 Å². The minimum atomic E-state index is -0.454. The fraction of sp³-hybridized carbons (Fsp3) is 0.200. The van der Waals surface area contributed by atoms with Crippen LogP contribution in [0.1, 0.15) is 37.3 Å². The first-order chi connectivity index (χ1) is 16.7. The van der Waals surface area contributed by atoms with E-state index in [1.54, 1.807) is 19.9 Å². The average Bonchev–Trinajstić information content (AvgIpc) is 3.24. The molecule has 5 heteroatoms. The number of carbonyl (C=O) groups is 2. The number of nitrogens with two attached hydrogens (primary N) is 1. The summed E-state index contributed by atoms with van der Waals surface area (Å²) in [6.07, 6.45) is 1.88. The topological polar surface area (TPSA) is 78.6 Å². The lowest BCUT2D eigenvalue weighted by molar-refractivity contribution is -0.139. The van der Waals surface area contributed by atoms with Crippen LogP contribution in [0, 0.1) is 0 Å². The van der Waals surface area contributed by atoms with E-state index in [0.717, 1.165) is 35.1 Å². The van der Waals surface area contributed by atoms with Crippen LogP contribution < -0.4 is 10.5 Å². The molecule has 0 amide bonds. The maximum Gasteiger partial charge on any atom is 0.338 e. The van der Waals surface area contributed by atoms with Gasteiger partial charge in [0, 0.05) is 28.3 Å². The van der Waals surface area contributed by atoms with Crippen LogP contribution in [-0.2, 0) is 20.7 Å². The summed E-state index contributed by atoms with van der Waals surface area (Å²) in [4.78, 5) is 23.6. The van der Waals surface area contributed by atoms with Gasteiger partial charge in [0.05, 0.1) is 6.61 Å². The van der Waals surface area contributed by atoms with Gasteiger partial charge in [0.1, 0.15) is 5.75 Å². The number of ether oxygens (including phenoxy) is 2. The standard InChI is InChI=1S/C30H29NO4/c1-18(2)29(32)34-17-24-9-8-22-14-23(11-12-26(22)24)27-13-10-21(16-28(27)31)20-6-5-7-25(15-20)35-30(33)19(3)4/h5-7,10-16,24H,1,3,8-9,17,31H2,2,4H3. The van der Waals surface area contributed by atoms with Crippen molar-refractivity contribution in [1.82, 2.24) is 0 Å². The number of esters is 2. The van der Waals surface area contributed by atoms with Gasteiger partial charge in [0.25, 0.3) is 0 Å². The predicted molar refractivity (Wildman–Crippen MR) is 139 cm³/mol.